The van der Waals surface area contributed by atoms with Crippen LogP contribution in [0.1, 0.15) is 31.9 Å². The van der Waals surface area contributed by atoms with Crippen molar-refractivity contribution in [1.29, 1.82) is 0 Å². The van der Waals surface area contributed by atoms with E-state index in [0.717, 1.165) is 36.4 Å². The fraction of sp³-hybridized carbons (Fsp3) is 0.533. The molecule has 1 atom stereocenters. The van der Waals surface area contributed by atoms with Crippen molar-refractivity contribution >= 4 is 28.9 Å². The summed E-state index contributed by atoms with van der Waals surface area (Å²) in [5, 5.41) is 15.9. The Kier molecular flexibility index (Phi) is 5.45. The van der Waals surface area contributed by atoms with E-state index in [1.54, 1.807) is 0 Å². The third-order valence-corrected chi connectivity index (χ3v) is 3.94. The van der Waals surface area contributed by atoms with Gasteiger partial charge in [-0.2, -0.15) is 0 Å². The van der Waals surface area contributed by atoms with Crippen LogP contribution in [0.2, 0.25) is 5.02 Å². The third-order valence-electron chi connectivity index (χ3n) is 3.64. The summed E-state index contributed by atoms with van der Waals surface area (Å²) < 4.78 is 0. The van der Waals surface area contributed by atoms with E-state index in [-0.39, 0.29) is 18.6 Å². The number of aliphatic hydroxyl groups is 1. The second-order valence-corrected chi connectivity index (χ2v) is 5.48. The average Bonchev–Trinajstić information content (AvgIpc) is 2.77. The molecule has 21 heavy (non-hydrogen) atoms. The van der Waals surface area contributed by atoms with Crippen LogP contribution >= 0.6 is 11.6 Å². The Bertz CT molecular complexity index is 522. The molecule has 1 heterocycles. The highest BCUT2D eigenvalue weighted by molar-refractivity contribution is 6.33. The highest BCUT2D eigenvalue weighted by Crippen LogP contribution is 2.38. The Morgan fingerprint density at radius 2 is 2.19 bits per heavy atom. The largest absolute Gasteiger partial charge is 0.395 e. The minimum absolute atomic E-state index is 0.0446. The molecule has 1 unspecified atom stereocenters. The number of nitrogens with zero attached hydrogens (tertiary/aromatic N) is 1. The van der Waals surface area contributed by atoms with Gasteiger partial charge in [-0.15, -0.1) is 0 Å². The number of anilines is 2. The van der Waals surface area contributed by atoms with Crippen LogP contribution in [0.25, 0.3) is 0 Å². The van der Waals surface area contributed by atoms with Crippen LogP contribution in [0, 0.1) is 0 Å². The van der Waals surface area contributed by atoms with E-state index < -0.39 is 0 Å². The smallest absolute Gasteiger partial charge is 0.246 e. The van der Waals surface area contributed by atoms with E-state index in [1.807, 2.05) is 24.0 Å². The summed E-state index contributed by atoms with van der Waals surface area (Å²) in [6.07, 6.45) is 0.963. The van der Waals surface area contributed by atoms with Gasteiger partial charge in [-0.25, -0.2) is 0 Å². The fourth-order valence-electron chi connectivity index (χ4n) is 2.57. The topological polar surface area (TPSA) is 64.6 Å². The molecule has 1 aliphatic heterocycles. The Labute approximate surface area is 130 Å². The summed E-state index contributed by atoms with van der Waals surface area (Å²) in [5.41, 5.74) is 2.52. The number of rotatable bonds is 7. The summed E-state index contributed by atoms with van der Waals surface area (Å²) in [4.78, 5) is 14.0. The standard InChI is InChI=1S/C15H22ClN3O2/c1-3-5-17-14-10-8-11(16)13(19(4-2)6-7-20)9-12(10)18-15(14)21/h8-9,14,17,20H,3-7H2,1-2H3,(H,18,21). The molecule has 6 heteroatoms. The minimum atomic E-state index is -0.334. The lowest BCUT2D eigenvalue weighted by Gasteiger charge is -2.24. The number of halogens is 1. The molecule has 0 saturated heterocycles. The SMILES string of the molecule is CCCNC1C(=O)Nc2cc(N(CC)CCO)c(Cl)cc21. The highest BCUT2D eigenvalue weighted by Gasteiger charge is 2.31. The van der Waals surface area contributed by atoms with E-state index >= 15 is 0 Å². The molecule has 116 valence electrons. The minimum Gasteiger partial charge on any atom is -0.395 e. The monoisotopic (exact) mass is 311 g/mol. The van der Waals surface area contributed by atoms with Gasteiger partial charge in [-0.05, 0) is 32.0 Å². The Morgan fingerprint density at radius 1 is 1.43 bits per heavy atom. The van der Waals surface area contributed by atoms with Gasteiger partial charge in [0.25, 0.3) is 0 Å². The van der Waals surface area contributed by atoms with Crippen LogP contribution in [-0.4, -0.2) is 37.3 Å². The molecule has 3 N–H and O–H groups in total. The van der Waals surface area contributed by atoms with Crippen molar-refractivity contribution in [3.63, 3.8) is 0 Å². The van der Waals surface area contributed by atoms with E-state index in [4.69, 9.17) is 16.7 Å². The molecule has 0 saturated carbocycles. The molecule has 5 nitrogen and oxygen atoms in total. The molecule has 1 aromatic rings. The van der Waals surface area contributed by atoms with Crippen molar-refractivity contribution in [1.82, 2.24) is 5.32 Å². The lowest BCUT2D eigenvalue weighted by atomic mass is 10.1. The lowest BCUT2D eigenvalue weighted by molar-refractivity contribution is -0.117. The summed E-state index contributed by atoms with van der Waals surface area (Å²) >= 11 is 6.37. The zero-order valence-electron chi connectivity index (χ0n) is 12.4. The van der Waals surface area contributed by atoms with Gasteiger partial charge in [0.1, 0.15) is 6.04 Å². The normalized spacial score (nSPS) is 16.8. The van der Waals surface area contributed by atoms with Crippen molar-refractivity contribution in [2.45, 2.75) is 26.3 Å². The number of amides is 1. The van der Waals surface area contributed by atoms with Gasteiger partial charge < -0.3 is 20.6 Å². The van der Waals surface area contributed by atoms with Crippen molar-refractivity contribution in [2.24, 2.45) is 0 Å². The molecule has 0 fully saturated rings. The van der Waals surface area contributed by atoms with E-state index in [2.05, 4.69) is 17.6 Å². The number of aliphatic hydroxyl groups excluding tert-OH is 1. The zero-order chi connectivity index (χ0) is 15.4. The molecule has 2 rings (SSSR count). The predicted molar refractivity (Wildman–Crippen MR) is 86.1 cm³/mol. The molecule has 0 radical (unpaired) electrons. The number of fused-ring (bicyclic) bond motifs is 1. The molecule has 0 bridgehead atoms. The van der Waals surface area contributed by atoms with Crippen molar-refractivity contribution < 1.29 is 9.90 Å². The first-order valence-corrected chi connectivity index (χ1v) is 7.73. The molecule has 0 aromatic heterocycles. The number of hydrogen-bond donors (Lipinski definition) is 3. The van der Waals surface area contributed by atoms with Gasteiger partial charge in [0.05, 0.1) is 17.3 Å². The van der Waals surface area contributed by atoms with Crippen LogP contribution in [0.4, 0.5) is 11.4 Å². The maximum atomic E-state index is 12.1. The predicted octanol–water partition coefficient (Wildman–Crippen LogP) is 2.15. The molecule has 0 aliphatic carbocycles. The quantitative estimate of drug-likeness (QED) is 0.722. The molecular formula is C15H22ClN3O2. The molecule has 0 spiro atoms. The Balaban J connectivity index is 2.32. The third kappa shape index (κ3) is 3.31. The molecule has 1 aliphatic rings. The maximum absolute atomic E-state index is 12.1. The second kappa shape index (κ2) is 7.11. The number of likely N-dealkylation sites (N-methyl/N-ethyl adjacent to an activating group) is 1. The first-order valence-electron chi connectivity index (χ1n) is 7.35. The number of carbonyl (C=O) groups excluding carboxylic acids is 1. The van der Waals surface area contributed by atoms with Crippen LogP contribution in [0.5, 0.6) is 0 Å². The second-order valence-electron chi connectivity index (χ2n) is 5.07. The van der Waals surface area contributed by atoms with Crippen molar-refractivity contribution in [2.75, 3.05) is 36.5 Å². The Hall–Kier alpha value is -1.30. The first-order chi connectivity index (χ1) is 10.1. The highest BCUT2D eigenvalue weighted by atomic mass is 35.5. The van der Waals surface area contributed by atoms with Crippen LogP contribution in [-0.2, 0) is 4.79 Å². The number of nitrogens with one attached hydrogen (secondary N) is 2. The summed E-state index contributed by atoms with van der Waals surface area (Å²) in [6, 6.07) is 3.40. The average molecular weight is 312 g/mol. The summed E-state index contributed by atoms with van der Waals surface area (Å²) in [5.74, 6) is -0.0446. The van der Waals surface area contributed by atoms with Crippen LogP contribution in [0.3, 0.4) is 0 Å². The number of carbonyl (C=O) groups is 1. The van der Waals surface area contributed by atoms with Gasteiger partial charge in [-0.1, -0.05) is 18.5 Å². The van der Waals surface area contributed by atoms with Crippen LogP contribution < -0.4 is 15.5 Å². The fourth-order valence-corrected chi connectivity index (χ4v) is 2.87. The van der Waals surface area contributed by atoms with E-state index in [0.29, 0.717) is 11.6 Å². The maximum Gasteiger partial charge on any atom is 0.246 e. The summed E-state index contributed by atoms with van der Waals surface area (Å²) in [7, 11) is 0. The van der Waals surface area contributed by atoms with Crippen molar-refractivity contribution in [3.8, 4) is 0 Å². The number of hydrogen-bond acceptors (Lipinski definition) is 4. The van der Waals surface area contributed by atoms with Gasteiger partial charge in [-0.3, -0.25) is 4.79 Å². The molecule has 1 aromatic carbocycles. The van der Waals surface area contributed by atoms with Gasteiger partial charge >= 0.3 is 0 Å². The van der Waals surface area contributed by atoms with Gasteiger partial charge in [0, 0.05) is 24.3 Å². The zero-order valence-corrected chi connectivity index (χ0v) is 13.2. The van der Waals surface area contributed by atoms with Crippen molar-refractivity contribution in [3.05, 3.63) is 22.7 Å². The van der Waals surface area contributed by atoms with Gasteiger partial charge in [0.15, 0.2) is 0 Å². The number of benzene rings is 1. The van der Waals surface area contributed by atoms with Crippen LogP contribution in [0.15, 0.2) is 12.1 Å². The molecular weight excluding hydrogens is 290 g/mol. The van der Waals surface area contributed by atoms with Gasteiger partial charge in [0.2, 0.25) is 5.91 Å². The van der Waals surface area contributed by atoms with E-state index in [1.165, 1.54) is 0 Å². The lowest BCUT2D eigenvalue weighted by Crippen LogP contribution is -2.28. The van der Waals surface area contributed by atoms with E-state index in [9.17, 15) is 4.79 Å². The summed E-state index contributed by atoms with van der Waals surface area (Å²) in [6.45, 7) is 6.16. The molecule has 1 amide bonds. The Morgan fingerprint density at radius 3 is 2.81 bits per heavy atom. The first kappa shape index (κ1) is 16.1.